The molecule has 2 aromatic rings. The minimum absolute atomic E-state index is 0. The third-order valence-corrected chi connectivity index (χ3v) is 2.90. The number of aromatic nitrogens is 1. The number of nitrogens with zero attached hydrogens (tertiary/aromatic N) is 1. The van der Waals surface area contributed by atoms with E-state index in [0.29, 0.717) is 17.0 Å². The summed E-state index contributed by atoms with van der Waals surface area (Å²) in [6.07, 6.45) is 9.59. The van der Waals surface area contributed by atoms with Crippen LogP contribution in [0.3, 0.4) is 0 Å². The summed E-state index contributed by atoms with van der Waals surface area (Å²) < 4.78 is 5.19. The van der Waals surface area contributed by atoms with Gasteiger partial charge in [0.05, 0.1) is 0 Å². The van der Waals surface area contributed by atoms with E-state index in [0.717, 1.165) is 0 Å². The summed E-state index contributed by atoms with van der Waals surface area (Å²) in [4.78, 5) is 3.90. The van der Waals surface area contributed by atoms with E-state index in [1.165, 1.54) is 0 Å². The van der Waals surface area contributed by atoms with Gasteiger partial charge < -0.3 is 14.5 Å². The molecule has 0 saturated heterocycles. The molecule has 1 heterocycles. The van der Waals surface area contributed by atoms with Crippen LogP contribution >= 0.6 is 0 Å². The van der Waals surface area contributed by atoms with Crippen molar-refractivity contribution in [2.75, 3.05) is 0 Å². The molecule has 0 amide bonds. The second-order valence-corrected chi connectivity index (χ2v) is 5.70. The molecule has 1 aromatic heterocycles. The molecule has 1 aliphatic carbocycles. The molecule has 1 aliphatic rings. The van der Waals surface area contributed by atoms with Crippen LogP contribution in [0.2, 0.25) is 0 Å². The summed E-state index contributed by atoms with van der Waals surface area (Å²) in [6, 6.07) is 10.0. The van der Waals surface area contributed by atoms with Crippen molar-refractivity contribution in [3.05, 3.63) is 78.1 Å². The van der Waals surface area contributed by atoms with E-state index >= 15 is 0 Å². The molecule has 4 heteroatoms. The van der Waals surface area contributed by atoms with Crippen LogP contribution in [0, 0.1) is 6.39 Å². The maximum atomic E-state index is 12.1. The Hall–Kier alpha value is -1.90. The Morgan fingerprint density at radius 2 is 1.77 bits per heavy atom. The molecule has 22 heavy (non-hydrogen) atoms. The van der Waals surface area contributed by atoms with Crippen LogP contribution in [0.15, 0.2) is 64.6 Å². The number of hydrogen-bond donors (Lipinski definition) is 0. The summed E-state index contributed by atoms with van der Waals surface area (Å²) >= 11 is 0. The van der Waals surface area contributed by atoms with Crippen LogP contribution in [-0.2, 0) is 22.5 Å². The molecule has 0 bridgehead atoms. The predicted octanol–water partition coefficient (Wildman–Crippen LogP) is 3.37. The minimum Gasteiger partial charge on any atom is -0.880 e. The fourth-order valence-corrected chi connectivity index (χ4v) is 1.86. The molecular weight excluding hydrogens is 318 g/mol. The Bertz CT molecular complexity index is 624. The Morgan fingerprint density at radius 1 is 1.18 bits per heavy atom. The average molecular weight is 336 g/mol. The normalized spacial score (nSPS) is 12.6. The molecule has 0 fully saturated rings. The first-order valence-electron chi connectivity index (χ1n) is 6.80. The van der Waals surface area contributed by atoms with Crippen molar-refractivity contribution in [2.24, 2.45) is 0 Å². The van der Waals surface area contributed by atoms with Crippen LogP contribution in [0.5, 0.6) is 0 Å². The van der Waals surface area contributed by atoms with E-state index < -0.39 is 0 Å². The maximum absolute atomic E-state index is 12.1. The van der Waals surface area contributed by atoms with Gasteiger partial charge in [-0.05, 0) is 16.7 Å². The first-order valence-corrected chi connectivity index (χ1v) is 6.80. The van der Waals surface area contributed by atoms with Gasteiger partial charge in [0.15, 0.2) is 0 Å². The third-order valence-electron chi connectivity index (χ3n) is 2.90. The summed E-state index contributed by atoms with van der Waals surface area (Å²) in [5.41, 5.74) is 0.747. The van der Waals surface area contributed by atoms with Gasteiger partial charge in [-0.15, -0.1) is 5.76 Å². The van der Waals surface area contributed by atoms with Crippen molar-refractivity contribution in [2.45, 2.75) is 26.2 Å². The predicted molar refractivity (Wildman–Crippen MR) is 81.3 cm³/mol. The molecule has 0 aliphatic heterocycles. The average Bonchev–Trinajstić information content (AvgIpc) is 3.18. The smallest absolute Gasteiger partial charge is 0.880 e. The van der Waals surface area contributed by atoms with Gasteiger partial charge in [-0.2, -0.15) is 18.2 Å². The number of rotatable bonds is 1. The zero-order chi connectivity index (χ0) is 15.3. The largest absolute Gasteiger partial charge is 2.00 e. The number of oxazole rings is 1. The fraction of sp³-hybridized carbons (Fsp3) is 0.222. The van der Waals surface area contributed by atoms with E-state index in [1.54, 1.807) is 12.2 Å². The fourth-order valence-electron chi connectivity index (χ4n) is 1.86. The molecule has 0 saturated carbocycles. The monoisotopic (exact) mass is 336 g/mol. The zero-order valence-corrected chi connectivity index (χ0v) is 13.9. The van der Waals surface area contributed by atoms with E-state index in [-0.39, 0.29) is 28.2 Å². The van der Waals surface area contributed by atoms with Crippen LogP contribution in [-0.4, -0.2) is 4.98 Å². The second-order valence-electron chi connectivity index (χ2n) is 5.70. The van der Waals surface area contributed by atoms with Crippen molar-refractivity contribution in [1.82, 2.24) is 4.98 Å². The molecule has 3 nitrogen and oxygen atoms in total. The summed E-state index contributed by atoms with van der Waals surface area (Å²) in [5, 5.41) is 12.1. The minimum atomic E-state index is -0.245. The Labute approximate surface area is 141 Å². The molecule has 0 N–H and O–H groups in total. The van der Waals surface area contributed by atoms with E-state index in [9.17, 15) is 5.11 Å². The molecule has 3 rings (SSSR count). The first-order chi connectivity index (χ1) is 10.00. The Morgan fingerprint density at radius 3 is 2.23 bits per heavy atom. The molecule has 0 atom stereocenters. The van der Waals surface area contributed by atoms with Gasteiger partial charge in [0, 0.05) is 0 Å². The quantitative estimate of drug-likeness (QED) is 0.456. The first kappa shape index (κ1) is 18.1. The van der Waals surface area contributed by atoms with E-state index in [1.807, 2.05) is 63.3 Å². The van der Waals surface area contributed by atoms with Crippen molar-refractivity contribution in [1.29, 1.82) is 0 Å². The summed E-state index contributed by atoms with van der Waals surface area (Å²) in [5.74, 6) is 0.471. The van der Waals surface area contributed by atoms with Crippen molar-refractivity contribution in [3.8, 4) is 0 Å². The van der Waals surface area contributed by atoms with Crippen molar-refractivity contribution < 1.29 is 26.6 Å². The van der Waals surface area contributed by atoms with Crippen LogP contribution in [0.1, 0.15) is 32.2 Å². The molecule has 1 aromatic carbocycles. The molecule has 0 radical (unpaired) electrons. The Balaban J connectivity index is 0.000000344. The van der Waals surface area contributed by atoms with Gasteiger partial charge in [0.1, 0.15) is 6.39 Å². The van der Waals surface area contributed by atoms with E-state index in [2.05, 4.69) is 11.4 Å². The number of allylic oxidation sites excluding steroid dienone is 5. The molecule has 0 spiro atoms. The number of hydrogen-bond acceptors (Lipinski definition) is 3. The molecule has 116 valence electrons. The summed E-state index contributed by atoms with van der Waals surface area (Å²) in [6.45, 7) is 5.93. The standard InChI is InChI=1S/C13H14NO2.C5H5.Fe/c1-13(2,3)12-10(14-8-16-12)11(15)9-6-4-5-7-9;1-2-4-5-3-1;/h4-7,15H,1-3H3;1-5H;/q2*-1;+2/p-1. The van der Waals surface area contributed by atoms with Gasteiger partial charge in [0.25, 0.3) is 0 Å². The zero-order valence-electron chi connectivity index (χ0n) is 12.8. The van der Waals surface area contributed by atoms with Gasteiger partial charge in [-0.25, -0.2) is 12.1 Å². The topological polar surface area (TPSA) is 49.1 Å². The second kappa shape index (κ2) is 7.92. The van der Waals surface area contributed by atoms with Gasteiger partial charge in [-0.1, -0.05) is 50.8 Å². The van der Waals surface area contributed by atoms with Gasteiger partial charge in [0.2, 0.25) is 0 Å². The van der Waals surface area contributed by atoms with Crippen molar-refractivity contribution >= 4 is 5.76 Å². The van der Waals surface area contributed by atoms with E-state index in [4.69, 9.17) is 4.42 Å². The van der Waals surface area contributed by atoms with Crippen LogP contribution in [0.25, 0.3) is 5.76 Å². The van der Waals surface area contributed by atoms with Gasteiger partial charge >= 0.3 is 17.1 Å². The third kappa shape index (κ3) is 4.55. The summed E-state index contributed by atoms with van der Waals surface area (Å²) in [7, 11) is 0. The Kier molecular flexibility index (Phi) is 6.54. The SMILES string of the molecule is CC(C)(C)c1o[c-]nc1C([O-])=C1C=CC=C1.[Fe+2].c1cc[cH-]c1. The molecule has 0 unspecified atom stereocenters. The van der Waals surface area contributed by atoms with Crippen molar-refractivity contribution in [3.63, 3.8) is 0 Å². The molecular formula is C18H18FeNO2-. The van der Waals surface area contributed by atoms with Crippen LogP contribution in [0.4, 0.5) is 0 Å². The maximum Gasteiger partial charge on any atom is 2.00 e. The van der Waals surface area contributed by atoms with Gasteiger partial charge in [-0.3, -0.25) is 0 Å². The van der Waals surface area contributed by atoms with Crippen LogP contribution < -0.4 is 5.11 Å².